The van der Waals surface area contributed by atoms with Gasteiger partial charge in [-0.05, 0) is 62.4 Å². The fourth-order valence-corrected chi connectivity index (χ4v) is 3.99. The first-order chi connectivity index (χ1) is 12.9. The van der Waals surface area contributed by atoms with Crippen LogP contribution in [0.4, 0.5) is 5.69 Å². The normalized spacial score (nSPS) is 20.0. The first kappa shape index (κ1) is 19.7. The Labute approximate surface area is 166 Å². The third-order valence-corrected chi connectivity index (χ3v) is 5.32. The molecule has 1 amide bonds. The lowest BCUT2D eigenvalue weighted by molar-refractivity contribution is 0.0559. The number of likely N-dealkylation sites (tertiary alicyclic amines) is 1. The van der Waals surface area contributed by atoms with Crippen LogP contribution in [0.25, 0.3) is 0 Å². The summed E-state index contributed by atoms with van der Waals surface area (Å²) >= 11 is 6.14. The van der Waals surface area contributed by atoms with E-state index in [0.29, 0.717) is 11.5 Å². The summed E-state index contributed by atoms with van der Waals surface area (Å²) in [4.78, 5) is 19.5. The number of nitrogens with zero attached hydrogens (tertiary/aromatic N) is 2. The fraction of sp³-hybridized carbons (Fsp3) is 0.455. The van der Waals surface area contributed by atoms with Crippen molar-refractivity contribution in [3.63, 3.8) is 0 Å². The third kappa shape index (κ3) is 5.01. The smallest absolute Gasteiger partial charge is 0.255 e. The minimum absolute atomic E-state index is 0.0748. The van der Waals surface area contributed by atoms with Crippen molar-refractivity contribution in [1.29, 1.82) is 0 Å². The Balaban J connectivity index is 1.83. The van der Waals surface area contributed by atoms with E-state index in [1.165, 1.54) is 0 Å². The zero-order valence-electron chi connectivity index (χ0n) is 16.3. The van der Waals surface area contributed by atoms with Gasteiger partial charge in [0.15, 0.2) is 0 Å². The topological polar surface area (TPSA) is 45.2 Å². The molecular weight excluding hydrogens is 358 g/mol. The van der Waals surface area contributed by atoms with Crippen LogP contribution in [0, 0.1) is 12.8 Å². The van der Waals surface area contributed by atoms with E-state index in [4.69, 9.17) is 11.6 Å². The van der Waals surface area contributed by atoms with Gasteiger partial charge in [-0.2, -0.15) is 0 Å². The zero-order chi connectivity index (χ0) is 19.4. The maximum absolute atomic E-state index is 13.2. The number of nitrogens with one attached hydrogen (secondary N) is 1. The highest BCUT2D eigenvalue weighted by Crippen LogP contribution is 2.28. The van der Waals surface area contributed by atoms with E-state index >= 15 is 0 Å². The highest BCUT2D eigenvalue weighted by Gasteiger charge is 2.35. The summed E-state index contributed by atoms with van der Waals surface area (Å²) in [6, 6.07) is 11.9. The second-order valence-corrected chi connectivity index (χ2v) is 8.22. The number of aryl methyl sites for hydroxylation is 1. The van der Waals surface area contributed by atoms with Crippen LogP contribution in [0.5, 0.6) is 0 Å². The summed E-state index contributed by atoms with van der Waals surface area (Å²) < 4.78 is 0. The van der Waals surface area contributed by atoms with E-state index in [0.717, 1.165) is 42.2 Å². The molecule has 3 rings (SSSR count). The predicted molar refractivity (Wildman–Crippen MR) is 111 cm³/mol. The van der Waals surface area contributed by atoms with Crippen molar-refractivity contribution in [2.45, 2.75) is 52.1 Å². The van der Waals surface area contributed by atoms with Gasteiger partial charge < -0.3 is 10.2 Å². The molecule has 144 valence electrons. The van der Waals surface area contributed by atoms with Gasteiger partial charge in [-0.3, -0.25) is 9.78 Å². The average Bonchev–Trinajstić information content (AvgIpc) is 2.63. The maximum Gasteiger partial charge on any atom is 0.255 e. The zero-order valence-corrected chi connectivity index (χ0v) is 17.0. The fourth-order valence-electron chi connectivity index (χ4n) is 3.80. The number of carbonyl (C=O) groups is 1. The molecular formula is C22H28ClN3O. The molecule has 0 saturated carbocycles. The number of piperidine rings is 1. The Bertz CT molecular complexity index is 775. The summed E-state index contributed by atoms with van der Waals surface area (Å²) in [6.07, 6.45) is 4.68. The van der Waals surface area contributed by atoms with Crippen LogP contribution in [0.2, 0.25) is 5.02 Å². The lowest BCUT2D eigenvalue weighted by Gasteiger charge is -2.43. The van der Waals surface area contributed by atoms with E-state index in [1.54, 1.807) is 6.20 Å². The molecule has 2 atom stereocenters. The number of hydrogen-bond donors (Lipinski definition) is 1. The number of benzene rings is 1. The Morgan fingerprint density at radius 1 is 1.33 bits per heavy atom. The molecule has 1 aliphatic heterocycles. The van der Waals surface area contributed by atoms with E-state index in [9.17, 15) is 4.79 Å². The Hall–Kier alpha value is -2.07. The first-order valence-corrected chi connectivity index (χ1v) is 10.1. The number of hydrogen-bond acceptors (Lipinski definition) is 3. The van der Waals surface area contributed by atoms with Gasteiger partial charge in [0.2, 0.25) is 0 Å². The molecule has 2 aromatic rings. The summed E-state index contributed by atoms with van der Waals surface area (Å²) in [5.41, 5.74) is 2.59. The van der Waals surface area contributed by atoms with Crippen LogP contribution in [0.1, 0.15) is 49.2 Å². The summed E-state index contributed by atoms with van der Waals surface area (Å²) in [7, 11) is 0. The number of carbonyl (C=O) groups excluding carboxylic acids is 1. The Morgan fingerprint density at radius 3 is 2.81 bits per heavy atom. The second kappa shape index (κ2) is 8.75. The van der Waals surface area contributed by atoms with Crippen molar-refractivity contribution in [1.82, 2.24) is 9.88 Å². The van der Waals surface area contributed by atoms with E-state index in [2.05, 4.69) is 24.1 Å². The highest BCUT2D eigenvalue weighted by molar-refractivity contribution is 6.30. The van der Waals surface area contributed by atoms with Crippen molar-refractivity contribution in [3.8, 4) is 0 Å². The van der Waals surface area contributed by atoms with Gasteiger partial charge in [0.25, 0.3) is 5.91 Å². The molecule has 1 aromatic carbocycles. The minimum Gasteiger partial charge on any atom is -0.380 e. The summed E-state index contributed by atoms with van der Waals surface area (Å²) in [6.45, 7) is 7.14. The van der Waals surface area contributed by atoms with Crippen LogP contribution in [-0.4, -0.2) is 34.4 Å². The molecule has 5 heteroatoms. The van der Waals surface area contributed by atoms with Crippen molar-refractivity contribution >= 4 is 23.2 Å². The summed E-state index contributed by atoms with van der Waals surface area (Å²) in [5, 5.41) is 4.35. The van der Waals surface area contributed by atoms with E-state index in [1.807, 2.05) is 48.2 Å². The largest absolute Gasteiger partial charge is 0.380 e. The Kier molecular flexibility index (Phi) is 6.38. The second-order valence-electron chi connectivity index (χ2n) is 7.79. The van der Waals surface area contributed by atoms with Gasteiger partial charge in [-0.1, -0.05) is 31.5 Å². The molecule has 0 bridgehead atoms. The van der Waals surface area contributed by atoms with Crippen LogP contribution >= 0.6 is 11.6 Å². The van der Waals surface area contributed by atoms with Crippen molar-refractivity contribution in [3.05, 3.63) is 58.9 Å². The van der Waals surface area contributed by atoms with Gasteiger partial charge in [-0.15, -0.1) is 0 Å². The van der Waals surface area contributed by atoms with Gasteiger partial charge in [-0.25, -0.2) is 0 Å². The molecule has 1 aliphatic rings. The molecule has 0 radical (unpaired) electrons. The number of anilines is 1. The monoisotopic (exact) mass is 385 g/mol. The average molecular weight is 386 g/mol. The van der Waals surface area contributed by atoms with Crippen molar-refractivity contribution in [2.24, 2.45) is 5.92 Å². The van der Waals surface area contributed by atoms with Gasteiger partial charge in [0, 0.05) is 35.2 Å². The number of pyridine rings is 1. The molecule has 0 spiro atoms. The molecule has 1 saturated heterocycles. The Morgan fingerprint density at radius 2 is 2.15 bits per heavy atom. The van der Waals surface area contributed by atoms with Crippen LogP contribution in [0.15, 0.2) is 42.6 Å². The SMILES string of the molecule is Cc1ccc(C(=O)N2CCC[C@@H](Nc3cccc(Cl)c3)[C@H]2CC(C)C)cn1. The molecule has 0 unspecified atom stereocenters. The van der Waals surface area contributed by atoms with Crippen molar-refractivity contribution < 1.29 is 4.79 Å². The van der Waals surface area contributed by atoms with Crippen LogP contribution < -0.4 is 5.32 Å². The molecule has 1 N–H and O–H groups in total. The van der Waals surface area contributed by atoms with E-state index in [-0.39, 0.29) is 18.0 Å². The molecule has 2 heterocycles. The standard InChI is InChI=1S/C22H28ClN3O/c1-15(2)12-21-20(25-19-7-4-6-18(23)13-19)8-5-11-26(21)22(27)17-10-9-16(3)24-14-17/h4,6-7,9-10,13-15,20-21,25H,5,8,11-12H2,1-3H3/t20-,21-/m1/s1. The van der Waals surface area contributed by atoms with E-state index < -0.39 is 0 Å². The molecule has 0 aliphatic carbocycles. The maximum atomic E-state index is 13.2. The van der Waals surface area contributed by atoms with Gasteiger partial charge in [0.05, 0.1) is 11.6 Å². The molecule has 4 nitrogen and oxygen atoms in total. The summed E-state index contributed by atoms with van der Waals surface area (Å²) in [5.74, 6) is 0.578. The van der Waals surface area contributed by atoms with Gasteiger partial charge in [0.1, 0.15) is 0 Å². The van der Waals surface area contributed by atoms with Crippen molar-refractivity contribution in [2.75, 3.05) is 11.9 Å². The van der Waals surface area contributed by atoms with Crippen LogP contribution in [-0.2, 0) is 0 Å². The number of rotatable bonds is 5. The third-order valence-electron chi connectivity index (χ3n) is 5.09. The first-order valence-electron chi connectivity index (χ1n) is 9.70. The molecule has 1 aromatic heterocycles. The lowest BCUT2D eigenvalue weighted by atomic mass is 9.88. The predicted octanol–water partition coefficient (Wildman–Crippen LogP) is 5.17. The minimum atomic E-state index is 0.0748. The highest BCUT2D eigenvalue weighted by atomic mass is 35.5. The van der Waals surface area contributed by atoms with Gasteiger partial charge >= 0.3 is 0 Å². The number of amides is 1. The van der Waals surface area contributed by atoms with Crippen LogP contribution in [0.3, 0.4) is 0 Å². The number of halogens is 1. The quantitative estimate of drug-likeness (QED) is 0.771. The number of aromatic nitrogens is 1. The lowest BCUT2D eigenvalue weighted by Crippen LogP contribution is -2.54. The molecule has 1 fully saturated rings. The molecule has 27 heavy (non-hydrogen) atoms.